The topological polar surface area (TPSA) is 51.4 Å². The number of aromatic nitrogens is 1. The van der Waals surface area contributed by atoms with Gasteiger partial charge in [0.05, 0.1) is 12.6 Å². The van der Waals surface area contributed by atoms with Crippen LogP contribution in [0.1, 0.15) is 13.8 Å². The van der Waals surface area contributed by atoms with Gasteiger partial charge in [-0.15, -0.1) is 0 Å². The standard InChI is InChI=1S/C12H19N3O/c1-9(2)12(13)7-15(8-12)11-10(16-3)5-4-6-14-11/h4-6,9H,7-8,13H2,1-3H3. The quantitative estimate of drug-likeness (QED) is 0.835. The molecule has 4 nitrogen and oxygen atoms in total. The number of nitrogens with zero attached hydrogens (tertiary/aromatic N) is 2. The average Bonchev–Trinajstić information content (AvgIpc) is 2.24. The van der Waals surface area contributed by atoms with Crippen LogP contribution in [0.15, 0.2) is 18.3 Å². The van der Waals surface area contributed by atoms with E-state index in [0.29, 0.717) is 5.92 Å². The molecule has 1 aliphatic rings. The average molecular weight is 221 g/mol. The summed E-state index contributed by atoms with van der Waals surface area (Å²) in [6, 6.07) is 3.80. The lowest BCUT2D eigenvalue weighted by Crippen LogP contribution is -2.70. The molecule has 1 aromatic heterocycles. The van der Waals surface area contributed by atoms with Crippen LogP contribution < -0.4 is 15.4 Å². The minimum atomic E-state index is -0.0808. The second-order valence-corrected chi connectivity index (χ2v) is 4.77. The molecule has 2 heterocycles. The third-order valence-electron chi connectivity index (χ3n) is 3.39. The zero-order valence-corrected chi connectivity index (χ0v) is 10.1. The highest BCUT2D eigenvalue weighted by atomic mass is 16.5. The third-order valence-corrected chi connectivity index (χ3v) is 3.39. The predicted octanol–water partition coefficient (Wildman–Crippen LogP) is 1.26. The normalized spacial score (nSPS) is 18.4. The number of anilines is 1. The Morgan fingerprint density at radius 1 is 1.50 bits per heavy atom. The lowest BCUT2D eigenvalue weighted by molar-refractivity contribution is 0.241. The highest BCUT2D eigenvalue weighted by Crippen LogP contribution is 2.34. The Morgan fingerprint density at radius 2 is 2.19 bits per heavy atom. The van der Waals surface area contributed by atoms with E-state index in [4.69, 9.17) is 10.5 Å². The van der Waals surface area contributed by atoms with Crippen molar-refractivity contribution in [2.45, 2.75) is 19.4 Å². The van der Waals surface area contributed by atoms with Crippen LogP contribution in [0.4, 0.5) is 5.82 Å². The molecule has 16 heavy (non-hydrogen) atoms. The molecule has 0 atom stereocenters. The van der Waals surface area contributed by atoms with Gasteiger partial charge in [-0.05, 0) is 18.1 Å². The van der Waals surface area contributed by atoms with Crippen molar-refractivity contribution in [2.24, 2.45) is 11.7 Å². The maximum absolute atomic E-state index is 6.25. The van der Waals surface area contributed by atoms with Crippen molar-refractivity contribution in [1.29, 1.82) is 0 Å². The van der Waals surface area contributed by atoms with E-state index in [-0.39, 0.29) is 5.54 Å². The molecule has 0 saturated carbocycles. The molecule has 1 fully saturated rings. The van der Waals surface area contributed by atoms with Gasteiger partial charge < -0.3 is 15.4 Å². The van der Waals surface area contributed by atoms with Gasteiger partial charge in [-0.25, -0.2) is 4.98 Å². The summed E-state index contributed by atoms with van der Waals surface area (Å²) in [4.78, 5) is 6.51. The Labute approximate surface area is 96.4 Å². The molecule has 0 aromatic carbocycles. The molecule has 0 amide bonds. The van der Waals surface area contributed by atoms with Crippen molar-refractivity contribution >= 4 is 5.82 Å². The highest BCUT2D eigenvalue weighted by molar-refractivity contribution is 5.55. The van der Waals surface area contributed by atoms with Crippen LogP contribution in [0.5, 0.6) is 5.75 Å². The van der Waals surface area contributed by atoms with Gasteiger partial charge in [-0.2, -0.15) is 0 Å². The molecule has 0 radical (unpaired) electrons. The number of nitrogens with two attached hydrogens (primary N) is 1. The number of hydrogen-bond acceptors (Lipinski definition) is 4. The Balaban J connectivity index is 2.12. The third kappa shape index (κ3) is 1.73. The molecule has 4 heteroatoms. The summed E-state index contributed by atoms with van der Waals surface area (Å²) in [7, 11) is 1.67. The maximum Gasteiger partial charge on any atom is 0.171 e. The summed E-state index contributed by atoms with van der Waals surface area (Å²) < 4.78 is 5.29. The van der Waals surface area contributed by atoms with Gasteiger partial charge in [0.2, 0.25) is 0 Å². The Morgan fingerprint density at radius 3 is 2.75 bits per heavy atom. The van der Waals surface area contributed by atoms with Gasteiger partial charge in [0.25, 0.3) is 0 Å². The summed E-state index contributed by atoms with van der Waals surface area (Å²) in [5.41, 5.74) is 6.17. The summed E-state index contributed by atoms with van der Waals surface area (Å²) >= 11 is 0. The minimum Gasteiger partial charge on any atom is -0.493 e. The summed E-state index contributed by atoms with van der Waals surface area (Å²) in [5, 5.41) is 0. The van der Waals surface area contributed by atoms with E-state index >= 15 is 0 Å². The van der Waals surface area contributed by atoms with Crippen LogP contribution in [0.2, 0.25) is 0 Å². The molecule has 0 spiro atoms. The van der Waals surface area contributed by atoms with E-state index in [1.54, 1.807) is 13.3 Å². The lowest BCUT2D eigenvalue weighted by atomic mass is 9.80. The van der Waals surface area contributed by atoms with Gasteiger partial charge >= 0.3 is 0 Å². The fraction of sp³-hybridized carbons (Fsp3) is 0.583. The molecule has 0 aliphatic carbocycles. The first-order chi connectivity index (χ1) is 7.57. The fourth-order valence-corrected chi connectivity index (χ4v) is 1.96. The predicted molar refractivity (Wildman–Crippen MR) is 64.8 cm³/mol. The second kappa shape index (κ2) is 3.94. The summed E-state index contributed by atoms with van der Waals surface area (Å²) in [6.07, 6.45) is 1.78. The van der Waals surface area contributed by atoms with Gasteiger partial charge in [-0.1, -0.05) is 13.8 Å². The van der Waals surface area contributed by atoms with Crippen molar-refractivity contribution in [1.82, 2.24) is 4.98 Å². The Bertz CT molecular complexity index is 372. The smallest absolute Gasteiger partial charge is 0.171 e. The first kappa shape index (κ1) is 11.2. The number of rotatable bonds is 3. The number of pyridine rings is 1. The van der Waals surface area contributed by atoms with E-state index in [0.717, 1.165) is 24.7 Å². The van der Waals surface area contributed by atoms with Gasteiger partial charge in [0.15, 0.2) is 11.6 Å². The van der Waals surface area contributed by atoms with Crippen molar-refractivity contribution in [3.63, 3.8) is 0 Å². The number of ether oxygens (including phenoxy) is 1. The molecule has 1 aliphatic heterocycles. The number of methoxy groups -OCH3 is 1. The van der Waals surface area contributed by atoms with Gasteiger partial charge in [0.1, 0.15) is 0 Å². The van der Waals surface area contributed by atoms with Gasteiger partial charge in [0, 0.05) is 19.3 Å². The summed E-state index contributed by atoms with van der Waals surface area (Å²) in [6.45, 7) is 6.01. The van der Waals surface area contributed by atoms with Crippen LogP contribution in [0.3, 0.4) is 0 Å². The van der Waals surface area contributed by atoms with Crippen molar-refractivity contribution in [3.8, 4) is 5.75 Å². The Hall–Kier alpha value is -1.29. The molecule has 0 bridgehead atoms. The van der Waals surface area contributed by atoms with Crippen LogP contribution in [0.25, 0.3) is 0 Å². The van der Waals surface area contributed by atoms with Crippen LogP contribution in [0, 0.1) is 5.92 Å². The van der Waals surface area contributed by atoms with Crippen molar-refractivity contribution in [3.05, 3.63) is 18.3 Å². The van der Waals surface area contributed by atoms with E-state index in [9.17, 15) is 0 Å². The van der Waals surface area contributed by atoms with Crippen LogP contribution in [-0.2, 0) is 0 Å². The monoisotopic (exact) mass is 221 g/mol. The molecule has 1 saturated heterocycles. The molecule has 2 N–H and O–H groups in total. The van der Waals surface area contributed by atoms with Crippen molar-refractivity contribution in [2.75, 3.05) is 25.1 Å². The molecule has 2 rings (SSSR count). The van der Waals surface area contributed by atoms with Crippen LogP contribution >= 0.6 is 0 Å². The van der Waals surface area contributed by atoms with Gasteiger partial charge in [-0.3, -0.25) is 0 Å². The lowest BCUT2D eigenvalue weighted by Gasteiger charge is -2.51. The molecule has 88 valence electrons. The Kier molecular flexibility index (Phi) is 2.76. The van der Waals surface area contributed by atoms with E-state index in [1.165, 1.54) is 0 Å². The minimum absolute atomic E-state index is 0.0808. The van der Waals surface area contributed by atoms with Crippen molar-refractivity contribution < 1.29 is 4.74 Å². The van der Waals surface area contributed by atoms with Crippen LogP contribution in [-0.4, -0.2) is 30.7 Å². The highest BCUT2D eigenvalue weighted by Gasteiger charge is 2.43. The second-order valence-electron chi connectivity index (χ2n) is 4.77. The van der Waals surface area contributed by atoms with E-state index < -0.39 is 0 Å². The van der Waals surface area contributed by atoms with E-state index in [1.807, 2.05) is 12.1 Å². The largest absolute Gasteiger partial charge is 0.493 e. The zero-order chi connectivity index (χ0) is 11.8. The van der Waals surface area contributed by atoms with E-state index in [2.05, 4.69) is 23.7 Å². The number of hydrogen-bond donors (Lipinski definition) is 1. The molecule has 0 unspecified atom stereocenters. The first-order valence-electron chi connectivity index (χ1n) is 5.59. The molecular formula is C12H19N3O. The zero-order valence-electron chi connectivity index (χ0n) is 10.1. The fourth-order valence-electron chi connectivity index (χ4n) is 1.96. The SMILES string of the molecule is COc1cccnc1N1CC(N)(C(C)C)C1. The molecular weight excluding hydrogens is 202 g/mol. The summed E-state index contributed by atoms with van der Waals surface area (Å²) in [5.74, 6) is 2.19. The molecule has 1 aromatic rings. The first-order valence-corrected chi connectivity index (χ1v) is 5.59. The maximum atomic E-state index is 6.25.